The highest BCUT2D eigenvalue weighted by molar-refractivity contribution is 5.97. The molecule has 0 atom stereocenters. The normalized spacial score (nSPS) is 11.8. The highest BCUT2D eigenvalue weighted by Crippen LogP contribution is 2.37. The third kappa shape index (κ3) is 3.13. The summed E-state index contributed by atoms with van der Waals surface area (Å²) in [5.41, 5.74) is 4.92. The molecule has 0 fully saturated rings. The van der Waals surface area contributed by atoms with Gasteiger partial charge in [0, 0.05) is 24.2 Å². The summed E-state index contributed by atoms with van der Waals surface area (Å²) in [6.45, 7) is 11.5. The van der Waals surface area contributed by atoms with Crippen LogP contribution in [0.3, 0.4) is 0 Å². The topological polar surface area (TPSA) is 62.5 Å². The zero-order valence-electron chi connectivity index (χ0n) is 14.7. The van der Waals surface area contributed by atoms with Crippen LogP contribution in [0.1, 0.15) is 73.1 Å². The summed E-state index contributed by atoms with van der Waals surface area (Å²) in [6, 6.07) is 3.61. The number of rotatable bonds is 6. The van der Waals surface area contributed by atoms with Crippen molar-refractivity contribution >= 4 is 16.9 Å². The first kappa shape index (κ1) is 17.5. The Morgan fingerprint density at radius 1 is 1.17 bits per heavy atom. The predicted octanol–water partition coefficient (Wildman–Crippen LogP) is 4.28. The van der Waals surface area contributed by atoms with Gasteiger partial charge >= 0.3 is 5.97 Å². The third-order valence-corrected chi connectivity index (χ3v) is 4.48. The summed E-state index contributed by atoms with van der Waals surface area (Å²) < 4.78 is 2.25. The van der Waals surface area contributed by atoms with Gasteiger partial charge in [0.15, 0.2) is 0 Å². The van der Waals surface area contributed by atoms with Gasteiger partial charge < -0.3 is 14.8 Å². The van der Waals surface area contributed by atoms with Crippen molar-refractivity contribution in [3.63, 3.8) is 0 Å². The fourth-order valence-electron chi connectivity index (χ4n) is 3.47. The Balaban J connectivity index is 2.89. The van der Waals surface area contributed by atoms with E-state index in [0.717, 1.165) is 23.0 Å². The van der Waals surface area contributed by atoms with Gasteiger partial charge in [-0.2, -0.15) is 0 Å². The molecule has 0 saturated heterocycles. The van der Waals surface area contributed by atoms with Gasteiger partial charge in [-0.3, -0.25) is 0 Å². The van der Waals surface area contributed by atoms with E-state index in [-0.39, 0.29) is 12.5 Å². The average molecular weight is 317 g/mol. The van der Waals surface area contributed by atoms with Crippen LogP contribution in [0.2, 0.25) is 0 Å². The van der Waals surface area contributed by atoms with Gasteiger partial charge in [0.05, 0.1) is 11.1 Å². The van der Waals surface area contributed by atoms with Gasteiger partial charge in [0.25, 0.3) is 0 Å². The molecule has 0 saturated carbocycles. The molecule has 2 aromatic rings. The molecule has 126 valence electrons. The van der Waals surface area contributed by atoms with E-state index in [0.29, 0.717) is 17.9 Å². The van der Waals surface area contributed by atoms with Crippen LogP contribution in [0.5, 0.6) is 0 Å². The molecule has 4 heteroatoms. The molecular formula is C19H27NO3. The second-order valence-electron chi connectivity index (χ2n) is 6.80. The van der Waals surface area contributed by atoms with Gasteiger partial charge in [0.2, 0.25) is 0 Å². The van der Waals surface area contributed by atoms with Crippen molar-refractivity contribution in [1.82, 2.24) is 4.57 Å². The van der Waals surface area contributed by atoms with Crippen LogP contribution in [0.25, 0.3) is 10.9 Å². The maximum absolute atomic E-state index is 11.5. The van der Waals surface area contributed by atoms with E-state index < -0.39 is 5.97 Å². The Bertz CT molecular complexity index is 726. The standard InChI is InChI=1S/C19H27NO3/c1-11(2)15-9-14(19(22)23)10-16-17(12(3)4)13(5)20(18(15)16)7-6-8-21/h9-12,21H,6-8H2,1-5H3,(H,22,23). The number of nitrogens with zero attached hydrogens (tertiary/aromatic N) is 1. The minimum atomic E-state index is -0.885. The lowest BCUT2D eigenvalue weighted by molar-refractivity contribution is 0.0697. The van der Waals surface area contributed by atoms with Crippen molar-refractivity contribution in [2.45, 2.75) is 59.4 Å². The van der Waals surface area contributed by atoms with Crippen molar-refractivity contribution in [3.8, 4) is 0 Å². The van der Waals surface area contributed by atoms with E-state index in [2.05, 4.69) is 39.2 Å². The molecule has 1 aromatic carbocycles. The molecule has 0 aliphatic carbocycles. The molecule has 0 bridgehead atoms. The highest BCUT2D eigenvalue weighted by Gasteiger charge is 2.22. The molecule has 0 amide bonds. The lowest BCUT2D eigenvalue weighted by Crippen LogP contribution is -2.06. The number of fused-ring (bicyclic) bond motifs is 1. The Kier molecular flexibility index (Phi) is 5.15. The minimum absolute atomic E-state index is 0.153. The van der Waals surface area contributed by atoms with Crippen LogP contribution < -0.4 is 0 Å². The van der Waals surface area contributed by atoms with Gasteiger partial charge in [-0.1, -0.05) is 27.7 Å². The quantitative estimate of drug-likeness (QED) is 0.836. The molecule has 2 rings (SSSR count). The van der Waals surface area contributed by atoms with Gasteiger partial charge in [0.1, 0.15) is 0 Å². The lowest BCUT2D eigenvalue weighted by Gasteiger charge is -2.14. The van der Waals surface area contributed by atoms with Gasteiger partial charge in [-0.15, -0.1) is 0 Å². The Labute approximate surface area is 137 Å². The SMILES string of the molecule is Cc1c(C(C)C)c2cc(C(=O)O)cc(C(C)C)c2n1CCCO. The average Bonchev–Trinajstić information content (AvgIpc) is 2.75. The maximum Gasteiger partial charge on any atom is 0.335 e. The molecule has 0 spiro atoms. The zero-order chi connectivity index (χ0) is 17.3. The summed E-state index contributed by atoms with van der Waals surface area (Å²) in [5, 5.41) is 19.7. The number of benzene rings is 1. The summed E-state index contributed by atoms with van der Waals surface area (Å²) >= 11 is 0. The van der Waals surface area contributed by atoms with E-state index in [1.165, 1.54) is 11.3 Å². The second-order valence-corrected chi connectivity index (χ2v) is 6.80. The van der Waals surface area contributed by atoms with E-state index in [1.807, 2.05) is 0 Å². The van der Waals surface area contributed by atoms with Gasteiger partial charge in [-0.05, 0) is 48.4 Å². The number of aromatic carboxylic acids is 1. The molecule has 23 heavy (non-hydrogen) atoms. The number of aliphatic hydroxyl groups is 1. The second kappa shape index (κ2) is 6.75. The fraction of sp³-hybridized carbons (Fsp3) is 0.526. The molecular weight excluding hydrogens is 290 g/mol. The summed E-state index contributed by atoms with van der Waals surface area (Å²) in [7, 11) is 0. The van der Waals surface area contributed by atoms with Crippen molar-refractivity contribution in [2.24, 2.45) is 0 Å². The van der Waals surface area contributed by atoms with Crippen molar-refractivity contribution in [1.29, 1.82) is 0 Å². The number of carboxylic acid groups (broad SMARTS) is 1. The first-order chi connectivity index (χ1) is 10.8. The first-order valence-electron chi connectivity index (χ1n) is 8.30. The van der Waals surface area contributed by atoms with Crippen molar-refractivity contribution in [3.05, 3.63) is 34.5 Å². The van der Waals surface area contributed by atoms with Crippen LogP contribution in [0.15, 0.2) is 12.1 Å². The van der Waals surface area contributed by atoms with E-state index in [9.17, 15) is 15.0 Å². The fourth-order valence-corrected chi connectivity index (χ4v) is 3.47. The molecule has 2 N–H and O–H groups in total. The van der Waals surface area contributed by atoms with E-state index in [1.54, 1.807) is 12.1 Å². The Morgan fingerprint density at radius 3 is 2.30 bits per heavy atom. The molecule has 0 radical (unpaired) electrons. The largest absolute Gasteiger partial charge is 0.478 e. The molecule has 1 heterocycles. The number of aromatic nitrogens is 1. The first-order valence-corrected chi connectivity index (χ1v) is 8.30. The molecule has 0 unspecified atom stereocenters. The number of aryl methyl sites for hydroxylation is 1. The van der Waals surface area contributed by atoms with Crippen molar-refractivity contribution < 1.29 is 15.0 Å². The highest BCUT2D eigenvalue weighted by atomic mass is 16.4. The molecule has 0 aliphatic rings. The number of aliphatic hydroxyl groups excluding tert-OH is 1. The van der Waals surface area contributed by atoms with Crippen LogP contribution >= 0.6 is 0 Å². The van der Waals surface area contributed by atoms with E-state index in [4.69, 9.17) is 0 Å². The number of carboxylic acids is 1. The third-order valence-electron chi connectivity index (χ3n) is 4.48. The number of hydrogen-bond donors (Lipinski definition) is 2. The van der Waals surface area contributed by atoms with Crippen molar-refractivity contribution in [2.75, 3.05) is 6.61 Å². The minimum Gasteiger partial charge on any atom is -0.478 e. The van der Waals surface area contributed by atoms with Crippen LogP contribution in [0.4, 0.5) is 0 Å². The summed E-state index contributed by atoms with van der Waals surface area (Å²) in [6.07, 6.45) is 0.695. The van der Waals surface area contributed by atoms with E-state index >= 15 is 0 Å². The Hall–Kier alpha value is -1.81. The molecule has 1 aromatic heterocycles. The predicted molar refractivity (Wildman–Crippen MR) is 93.5 cm³/mol. The zero-order valence-corrected chi connectivity index (χ0v) is 14.7. The van der Waals surface area contributed by atoms with Crippen LogP contribution in [-0.2, 0) is 6.54 Å². The smallest absolute Gasteiger partial charge is 0.335 e. The number of carbonyl (C=O) groups is 1. The summed E-state index contributed by atoms with van der Waals surface area (Å²) in [4.78, 5) is 11.5. The van der Waals surface area contributed by atoms with Crippen LogP contribution in [-0.4, -0.2) is 27.4 Å². The maximum atomic E-state index is 11.5. The lowest BCUT2D eigenvalue weighted by atomic mass is 9.93. The Morgan fingerprint density at radius 2 is 1.83 bits per heavy atom. The van der Waals surface area contributed by atoms with Crippen LogP contribution in [0, 0.1) is 6.92 Å². The molecule has 0 aliphatic heterocycles. The van der Waals surface area contributed by atoms with Gasteiger partial charge in [-0.25, -0.2) is 4.79 Å². The molecule has 4 nitrogen and oxygen atoms in total. The number of hydrogen-bond acceptors (Lipinski definition) is 2. The summed E-state index contributed by atoms with van der Waals surface area (Å²) in [5.74, 6) is -0.333. The monoisotopic (exact) mass is 317 g/mol.